The largest absolute Gasteiger partial charge is 0.842 e. The molecule has 1 aromatic rings. The van der Waals surface area contributed by atoms with E-state index in [2.05, 4.69) is 5.10 Å². The third kappa shape index (κ3) is 1.74. The molecule has 0 unspecified atom stereocenters. The first-order chi connectivity index (χ1) is 4.79. The summed E-state index contributed by atoms with van der Waals surface area (Å²) >= 11 is 0. The second kappa shape index (κ2) is 2.82. The quantitative estimate of drug-likeness (QED) is 0.288. The van der Waals surface area contributed by atoms with Crippen LogP contribution in [0.1, 0.15) is 0 Å². The Bertz CT molecular complexity index is 228. The maximum absolute atomic E-state index is 10.2. The standard InChI is InChI=1S/C6H7N3O/c7-6(10)8-9-4-2-1-3-5-9/h1-5H,(H2-,7,8,10). The molecular weight excluding hydrogens is 130 g/mol. The average molecular weight is 137 g/mol. The van der Waals surface area contributed by atoms with Crippen LogP contribution in [0.4, 0.5) is 0 Å². The first-order valence-corrected chi connectivity index (χ1v) is 2.77. The summed E-state index contributed by atoms with van der Waals surface area (Å²) in [5.41, 5.74) is 4.80. The van der Waals surface area contributed by atoms with E-state index in [0.717, 1.165) is 0 Å². The van der Waals surface area contributed by atoms with Crippen LogP contribution in [0.25, 0.3) is 0 Å². The molecule has 2 N–H and O–H groups in total. The van der Waals surface area contributed by atoms with Gasteiger partial charge < -0.3 is 10.8 Å². The summed E-state index contributed by atoms with van der Waals surface area (Å²) in [7, 11) is 0. The normalized spacial score (nSPS) is 11.4. The molecule has 0 radical (unpaired) electrons. The van der Waals surface area contributed by atoms with E-state index in [-0.39, 0.29) is 0 Å². The summed E-state index contributed by atoms with van der Waals surface area (Å²) in [6.07, 6.45) is 3.26. The van der Waals surface area contributed by atoms with Crippen molar-refractivity contribution in [1.29, 1.82) is 0 Å². The van der Waals surface area contributed by atoms with Crippen LogP contribution >= 0.6 is 0 Å². The minimum Gasteiger partial charge on any atom is -0.842 e. The van der Waals surface area contributed by atoms with Crippen LogP contribution < -0.4 is 15.5 Å². The number of nitrogens with zero attached hydrogens (tertiary/aromatic N) is 2. The van der Waals surface area contributed by atoms with E-state index in [1.54, 1.807) is 24.5 Å². The third-order valence-corrected chi connectivity index (χ3v) is 0.914. The Balaban J connectivity index is 2.87. The predicted molar refractivity (Wildman–Crippen MR) is 33.7 cm³/mol. The van der Waals surface area contributed by atoms with Crippen LogP contribution in [-0.4, -0.2) is 6.02 Å². The van der Waals surface area contributed by atoms with Crippen LogP contribution in [0.5, 0.6) is 0 Å². The minimum atomic E-state index is -0.698. The molecule has 0 aliphatic carbocycles. The van der Waals surface area contributed by atoms with Crippen molar-refractivity contribution in [2.24, 2.45) is 10.8 Å². The Morgan fingerprint density at radius 3 is 2.40 bits per heavy atom. The molecule has 0 fully saturated rings. The summed E-state index contributed by atoms with van der Waals surface area (Å²) < 4.78 is 1.35. The molecule has 0 spiro atoms. The van der Waals surface area contributed by atoms with Crippen LogP contribution in [0, 0.1) is 0 Å². The lowest BCUT2D eigenvalue weighted by Gasteiger charge is -1.94. The second-order valence-corrected chi connectivity index (χ2v) is 1.69. The molecule has 4 heteroatoms. The monoisotopic (exact) mass is 137 g/mol. The van der Waals surface area contributed by atoms with E-state index >= 15 is 0 Å². The summed E-state index contributed by atoms with van der Waals surface area (Å²) in [5.74, 6) is 0. The first kappa shape index (κ1) is 6.54. The van der Waals surface area contributed by atoms with Gasteiger partial charge in [0.05, 0.1) is 0 Å². The molecule has 1 heterocycles. The van der Waals surface area contributed by atoms with Crippen molar-refractivity contribution in [2.75, 3.05) is 0 Å². The highest BCUT2D eigenvalue weighted by Gasteiger charge is 1.89. The van der Waals surface area contributed by atoms with Gasteiger partial charge in [-0.1, -0.05) is 10.7 Å². The molecule has 52 valence electrons. The molecule has 0 aliphatic heterocycles. The Labute approximate surface area is 58.2 Å². The van der Waals surface area contributed by atoms with Gasteiger partial charge in [0.2, 0.25) is 12.4 Å². The zero-order chi connectivity index (χ0) is 7.40. The molecular formula is C6H7N3O. The van der Waals surface area contributed by atoms with Gasteiger partial charge in [-0.3, -0.25) is 0 Å². The van der Waals surface area contributed by atoms with Crippen LogP contribution in [-0.2, 0) is 0 Å². The Hall–Kier alpha value is -1.58. The van der Waals surface area contributed by atoms with Crippen molar-refractivity contribution in [3.05, 3.63) is 30.6 Å². The van der Waals surface area contributed by atoms with Gasteiger partial charge in [-0.25, -0.2) is 0 Å². The van der Waals surface area contributed by atoms with Crippen LogP contribution in [0.3, 0.4) is 0 Å². The molecule has 0 atom stereocenters. The smallest absolute Gasteiger partial charge is 0.202 e. The van der Waals surface area contributed by atoms with Crippen molar-refractivity contribution < 1.29 is 9.78 Å². The van der Waals surface area contributed by atoms with Gasteiger partial charge >= 0.3 is 0 Å². The first-order valence-electron chi connectivity index (χ1n) is 2.77. The lowest BCUT2D eigenvalue weighted by atomic mass is 10.5. The maximum Gasteiger partial charge on any atom is 0.202 e. The fraction of sp³-hybridized carbons (Fsp3) is 0. The summed E-state index contributed by atoms with van der Waals surface area (Å²) in [5, 5.41) is 13.6. The van der Waals surface area contributed by atoms with Gasteiger partial charge in [-0.2, -0.15) is 0 Å². The van der Waals surface area contributed by atoms with Crippen molar-refractivity contribution in [1.82, 2.24) is 0 Å². The number of amidine groups is 1. The fourth-order valence-electron chi connectivity index (χ4n) is 0.570. The van der Waals surface area contributed by atoms with E-state index < -0.39 is 6.02 Å². The molecule has 0 aromatic carbocycles. The molecule has 0 saturated carbocycles. The zero-order valence-corrected chi connectivity index (χ0v) is 5.27. The topological polar surface area (TPSA) is 65.3 Å². The Kier molecular flexibility index (Phi) is 1.84. The third-order valence-electron chi connectivity index (χ3n) is 0.914. The van der Waals surface area contributed by atoms with Gasteiger partial charge in [-0.15, -0.1) is 0 Å². The second-order valence-electron chi connectivity index (χ2n) is 1.69. The fourth-order valence-corrected chi connectivity index (χ4v) is 0.570. The van der Waals surface area contributed by atoms with Crippen molar-refractivity contribution >= 4 is 6.02 Å². The zero-order valence-electron chi connectivity index (χ0n) is 5.27. The number of hydrogen-bond acceptors (Lipinski definition) is 2. The van der Waals surface area contributed by atoms with E-state index in [4.69, 9.17) is 5.73 Å². The maximum atomic E-state index is 10.2. The lowest BCUT2D eigenvalue weighted by Crippen LogP contribution is -2.37. The number of rotatable bonds is 1. The van der Waals surface area contributed by atoms with E-state index in [9.17, 15) is 5.11 Å². The van der Waals surface area contributed by atoms with E-state index in [0.29, 0.717) is 0 Å². The van der Waals surface area contributed by atoms with Gasteiger partial charge in [-0.05, 0) is 0 Å². The highest BCUT2D eigenvalue weighted by Crippen LogP contribution is 1.74. The van der Waals surface area contributed by atoms with Crippen LogP contribution in [0.2, 0.25) is 0 Å². The Morgan fingerprint density at radius 2 is 1.90 bits per heavy atom. The molecule has 1 rings (SSSR count). The number of aromatic nitrogens is 1. The molecule has 4 nitrogen and oxygen atoms in total. The van der Waals surface area contributed by atoms with Gasteiger partial charge in [0.15, 0.2) is 0 Å². The number of nitrogens with two attached hydrogens (primary N) is 1. The summed E-state index contributed by atoms with van der Waals surface area (Å²) in [6.45, 7) is 0. The molecule has 10 heavy (non-hydrogen) atoms. The minimum absolute atomic E-state index is 0.698. The molecule has 0 aliphatic rings. The molecule has 1 aromatic heterocycles. The van der Waals surface area contributed by atoms with Crippen molar-refractivity contribution in [3.8, 4) is 0 Å². The van der Waals surface area contributed by atoms with Crippen LogP contribution in [0.15, 0.2) is 35.7 Å². The van der Waals surface area contributed by atoms with E-state index in [1.807, 2.05) is 6.07 Å². The van der Waals surface area contributed by atoms with Gasteiger partial charge in [0.25, 0.3) is 0 Å². The lowest BCUT2D eigenvalue weighted by molar-refractivity contribution is -0.681. The highest BCUT2D eigenvalue weighted by atomic mass is 16.3. The number of hydrogen-bond donors (Lipinski definition) is 1. The van der Waals surface area contributed by atoms with Crippen molar-refractivity contribution in [3.63, 3.8) is 0 Å². The average Bonchev–Trinajstić information content (AvgIpc) is 1.88. The van der Waals surface area contributed by atoms with Gasteiger partial charge in [0, 0.05) is 17.2 Å². The van der Waals surface area contributed by atoms with E-state index in [1.165, 1.54) is 4.68 Å². The molecule has 0 bridgehead atoms. The van der Waals surface area contributed by atoms with Crippen molar-refractivity contribution in [2.45, 2.75) is 0 Å². The highest BCUT2D eigenvalue weighted by molar-refractivity contribution is 5.65. The van der Waals surface area contributed by atoms with Gasteiger partial charge in [0.1, 0.15) is 6.02 Å². The SMILES string of the molecule is N/C([O-])=N/[n+]1ccccc1. The summed E-state index contributed by atoms with van der Waals surface area (Å²) in [4.78, 5) is 0. The summed E-state index contributed by atoms with van der Waals surface area (Å²) in [6, 6.07) is 4.64. The number of pyridine rings is 1. The molecule has 0 amide bonds. The molecule has 0 saturated heterocycles. The Morgan fingerprint density at radius 1 is 1.30 bits per heavy atom. The predicted octanol–water partition coefficient (Wildman–Crippen LogP) is -1.59.